The third-order valence-corrected chi connectivity index (χ3v) is 4.99. The fourth-order valence-electron chi connectivity index (χ4n) is 3.43. The molecule has 0 radical (unpaired) electrons. The summed E-state index contributed by atoms with van der Waals surface area (Å²) in [7, 11) is 0. The normalized spacial score (nSPS) is 10.7. The van der Waals surface area contributed by atoms with E-state index in [2.05, 4.69) is 40.4 Å². The van der Waals surface area contributed by atoms with Crippen LogP contribution in [0.15, 0.2) is 54.7 Å². The van der Waals surface area contributed by atoms with Gasteiger partial charge in [0.2, 0.25) is 11.8 Å². The Labute approximate surface area is 171 Å². The molecule has 2 amide bonds. The zero-order chi connectivity index (χ0) is 20.6. The van der Waals surface area contributed by atoms with Crippen molar-refractivity contribution in [3.63, 3.8) is 0 Å². The predicted octanol–water partition coefficient (Wildman–Crippen LogP) is 3.70. The summed E-state index contributed by atoms with van der Waals surface area (Å²) in [5.74, 6) is -0.590. The van der Waals surface area contributed by atoms with Crippen LogP contribution in [0.5, 0.6) is 0 Å². The van der Waals surface area contributed by atoms with Gasteiger partial charge in [-0.2, -0.15) is 0 Å². The van der Waals surface area contributed by atoms with Gasteiger partial charge in [-0.25, -0.2) is 0 Å². The Balaban J connectivity index is 1.44. The van der Waals surface area contributed by atoms with E-state index in [9.17, 15) is 9.59 Å². The third kappa shape index (κ3) is 5.38. The Bertz CT molecular complexity index is 958. The number of H-pyrrole nitrogens is 1. The fraction of sp³-hybridized carbons (Fsp3) is 0.304. The van der Waals surface area contributed by atoms with Crippen LogP contribution in [0.25, 0.3) is 10.9 Å². The first-order chi connectivity index (χ1) is 14.1. The zero-order valence-electron chi connectivity index (χ0n) is 17.0. The number of carbonyl (C=O) groups excluding carboxylic acids is 2. The number of aromatic nitrogens is 1. The predicted molar refractivity (Wildman–Crippen MR) is 118 cm³/mol. The molecule has 0 spiro atoms. The van der Waals surface area contributed by atoms with Crippen molar-refractivity contribution >= 4 is 34.1 Å². The number of aromatic amines is 1. The van der Waals surface area contributed by atoms with Crippen molar-refractivity contribution in [2.45, 2.75) is 26.7 Å². The number of fused-ring (bicyclic) bond motifs is 1. The topological polar surface area (TPSA) is 77.2 Å². The van der Waals surface area contributed by atoms with Crippen LogP contribution in [0.3, 0.4) is 0 Å². The average molecular weight is 393 g/mol. The minimum absolute atomic E-state index is 0.189. The summed E-state index contributed by atoms with van der Waals surface area (Å²) in [5.41, 5.74) is 4.04. The number of benzene rings is 2. The van der Waals surface area contributed by atoms with Gasteiger partial charge in [-0.3, -0.25) is 9.59 Å². The van der Waals surface area contributed by atoms with E-state index in [4.69, 9.17) is 0 Å². The van der Waals surface area contributed by atoms with E-state index in [1.807, 2.05) is 48.7 Å². The molecule has 3 N–H and O–H groups in total. The van der Waals surface area contributed by atoms with Gasteiger partial charge in [0.1, 0.15) is 6.42 Å². The minimum atomic E-state index is -0.315. The summed E-state index contributed by atoms with van der Waals surface area (Å²) in [5, 5.41) is 6.76. The second-order valence-corrected chi connectivity index (χ2v) is 6.90. The number of hydrogen-bond acceptors (Lipinski definition) is 3. The molecule has 6 heteroatoms. The molecule has 0 aliphatic heterocycles. The summed E-state index contributed by atoms with van der Waals surface area (Å²) in [6, 6.07) is 15.7. The first-order valence-corrected chi connectivity index (χ1v) is 10.1. The minimum Gasteiger partial charge on any atom is -0.372 e. The maximum atomic E-state index is 12.1. The van der Waals surface area contributed by atoms with Gasteiger partial charge >= 0.3 is 0 Å². The van der Waals surface area contributed by atoms with Gasteiger partial charge in [0.25, 0.3) is 0 Å². The maximum Gasteiger partial charge on any atom is 0.233 e. The smallest absolute Gasteiger partial charge is 0.233 e. The van der Waals surface area contributed by atoms with Crippen molar-refractivity contribution in [2.24, 2.45) is 0 Å². The van der Waals surface area contributed by atoms with E-state index in [-0.39, 0.29) is 18.2 Å². The lowest BCUT2D eigenvalue weighted by Crippen LogP contribution is -2.29. The Morgan fingerprint density at radius 3 is 2.41 bits per heavy atom. The highest BCUT2D eigenvalue weighted by atomic mass is 16.2. The van der Waals surface area contributed by atoms with E-state index in [0.717, 1.165) is 35.2 Å². The lowest BCUT2D eigenvalue weighted by Gasteiger charge is -2.21. The van der Waals surface area contributed by atoms with Gasteiger partial charge in [0, 0.05) is 48.1 Å². The van der Waals surface area contributed by atoms with Crippen molar-refractivity contribution in [2.75, 3.05) is 29.9 Å². The Hall–Kier alpha value is -3.28. The van der Waals surface area contributed by atoms with E-state index < -0.39 is 0 Å². The number of carbonyl (C=O) groups is 2. The molecule has 1 heterocycles. The highest BCUT2D eigenvalue weighted by Crippen LogP contribution is 2.18. The van der Waals surface area contributed by atoms with Crippen LogP contribution < -0.4 is 15.5 Å². The van der Waals surface area contributed by atoms with Crippen LogP contribution in [0.2, 0.25) is 0 Å². The first-order valence-electron chi connectivity index (χ1n) is 10.1. The van der Waals surface area contributed by atoms with Gasteiger partial charge < -0.3 is 20.5 Å². The largest absolute Gasteiger partial charge is 0.372 e. The van der Waals surface area contributed by atoms with Gasteiger partial charge in [-0.05, 0) is 56.2 Å². The maximum absolute atomic E-state index is 12.1. The molecule has 0 aliphatic carbocycles. The Morgan fingerprint density at radius 1 is 0.966 bits per heavy atom. The molecule has 29 heavy (non-hydrogen) atoms. The van der Waals surface area contributed by atoms with Crippen molar-refractivity contribution < 1.29 is 9.59 Å². The number of hydrogen-bond donors (Lipinski definition) is 3. The van der Waals surface area contributed by atoms with Gasteiger partial charge in [-0.15, -0.1) is 0 Å². The van der Waals surface area contributed by atoms with E-state index >= 15 is 0 Å². The highest BCUT2D eigenvalue weighted by molar-refractivity contribution is 6.03. The molecular weight excluding hydrogens is 364 g/mol. The number of anilines is 2. The van der Waals surface area contributed by atoms with Crippen molar-refractivity contribution in [1.82, 2.24) is 10.3 Å². The number of nitrogens with zero attached hydrogens (tertiary/aromatic N) is 1. The number of rotatable bonds is 9. The van der Waals surface area contributed by atoms with Gasteiger partial charge in [-0.1, -0.05) is 18.2 Å². The van der Waals surface area contributed by atoms with E-state index in [1.165, 1.54) is 0 Å². The lowest BCUT2D eigenvalue weighted by molar-refractivity contribution is -0.126. The van der Waals surface area contributed by atoms with Gasteiger partial charge in [0.15, 0.2) is 0 Å². The molecule has 6 nitrogen and oxygen atoms in total. The summed E-state index contributed by atoms with van der Waals surface area (Å²) in [4.78, 5) is 29.7. The summed E-state index contributed by atoms with van der Waals surface area (Å²) in [6.07, 6.45) is 2.49. The summed E-state index contributed by atoms with van der Waals surface area (Å²) < 4.78 is 0. The van der Waals surface area contributed by atoms with Crippen LogP contribution in [-0.2, 0) is 16.0 Å². The molecule has 0 bridgehead atoms. The molecule has 0 aliphatic rings. The molecule has 0 saturated heterocycles. The first kappa shape index (κ1) is 20.5. The summed E-state index contributed by atoms with van der Waals surface area (Å²) in [6.45, 7) is 6.57. The van der Waals surface area contributed by atoms with E-state index in [1.54, 1.807) is 0 Å². The fourth-order valence-corrected chi connectivity index (χ4v) is 3.43. The van der Waals surface area contributed by atoms with Crippen LogP contribution in [0.1, 0.15) is 25.8 Å². The second-order valence-electron chi connectivity index (χ2n) is 6.90. The summed E-state index contributed by atoms with van der Waals surface area (Å²) >= 11 is 0. The standard InChI is InChI=1S/C23H28N4O2/c1-3-27(4-2)19-11-9-18(10-12-19)26-23(29)15-22(28)24-14-13-17-16-25-21-8-6-5-7-20(17)21/h5-12,16,25H,3-4,13-15H2,1-2H3,(H,24,28)(H,26,29). The monoisotopic (exact) mass is 392 g/mol. The van der Waals surface area contributed by atoms with Gasteiger partial charge in [0.05, 0.1) is 0 Å². The van der Waals surface area contributed by atoms with Crippen molar-refractivity contribution in [3.8, 4) is 0 Å². The molecule has 3 rings (SSSR count). The average Bonchev–Trinajstić information content (AvgIpc) is 3.13. The molecular formula is C23H28N4O2. The Kier molecular flexibility index (Phi) is 6.89. The zero-order valence-corrected chi connectivity index (χ0v) is 17.0. The number of para-hydroxylation sites is 1. The number of amides is 2. The quantitative estimate of drug-likeness (QED) is 0.486. The molecule has 0 saturated carbocycles. The SMILES string of the molecule is CCN(CC)c1ccc(NC(=O)CC(=O)NCCc2c[nH]c3ccccc23)cc1. The molecule has 1 aromatic heterocycles. The molecule has 152 valence electrons. The van der Waals surface area contributed by atoms with E-state index in [0.29, 0.717) is 18.7 Å². The van der Waals surface area contributed by atoms with Crippen molar-refractivity contribution in [3.05, 3.63) is 60.3 Å². The van der Waals surface area contributed by atoms with Crippen LogP contribution in [0.4, 0.5) is 11.4 Å². The van der Waals surface area contributed by atoms with Crippen LogP contribution in [-0.4, -0.2) is 36.4 Å². The molecule has 3 aromatic rings. The molecule has 0 fully saturated rings. The van der Waals surface area contributed by atoms with Crippen LogP contribution >= 0.6 is 0 Å². The molecule has 0 unspecified atom stereocenters. The third-order valence-electron chi connectivity index (χ3n) is 4.99. The number of nitrogens with one attached hydrogen (secondary N) is 3. The highest BCUT2D eigenvalue weighted by Gasteiger charge is 2.10. The lowest BCUT2D eigenvalue weighted by atomic mass is 10.1. The van der Waals surface area contributed by atoms with Crippen LogP contribution in [0, 0.1) is 0 Å². The molecule has 2 aromatic carbocycles. The molecule has 0 atom stereocenters. The Morgan fingerprint density at radius 2 is 1.69 bits per heavy atom. The van der Waals surface area contributed by atoms with Crippen molar-refractivity contribution in [1.29, 1.82) is 0 Å². The second kappa shape index (κ2) is 9.78.